The Labute approximate surface area is 143 Å². The van der Waals surface area contributed by atoms with Crippen LogP contribution in [0.2, 0.25) is 0 Å². The van der Waals surface area contributed by atoms with E-state index in [0.29, 0.717) is 29.8 Å². The van der Waals surface area contributed by atoms with Gasteiger partial charge >= 0.3 is 0 Å². The third-order valence-corrected chi connectivity index (χ3v) is 4.31. The van der Waals surface area contributed by atoms with Crippen LogP contribution in [0.25, 0.3) is 10.8 Å². The highest BCUT2D eigenvalue weighted by Crippen LogP contribution is 2.26. The first kappa shape index (κ1) is 16.2. The molecule has 24 heavy (non-hydrogen) atoms. The summed E-state index contributed by atoms with van der Waals surface area (Å²) in [5.41, 5.74) is 1.56. The van der Waals surface area contributed by atoms with E-state index in [2.05, 4.69) is 15.3 Å². The molecular formula is C17H17N3O3S. The van der Waals surface area contributed by atoms with Gasteiger partial charge in [-0.15, -0.1) is 11.3 Å². The molecule has 6 nitrogen and oxygen atoms in total. The van der Waals surface area contributed by atoms with Gasteiger partial charge in [0.1, 0.15) is 5.76 Å². The maximum atomic E-state index is 12.1. The molecule has 0 aromatic carbocycles. The Morgan fingerprint density at radius 2 is 2.25 bits per heavy atom. The Morgan fingerprint density at radius 3 is 2.92 bits per heavy atom. The number of ether oxygens (including phenoxy) is 1. The standard InChI is InChI=1S/C17H17N3O3S/c1-11-13(20-17(23-11)14-4-3-7-24-14)8-15(21)18-9-12-5-6-16(22-2)19-10-12/h3-7,10H,8-9H2,1-2H3,(H,18,21). The quantitative estimate of drug-likeness (QED) is 0.744. The number of carbonyl (C=O) groups is 1. The first-order chi connectivity index (χ1) is 11.7. The molecule has 0 aliphatic rings. The zero-order valence-electron chi connectivity index (χ0n) is 13.4. The van der Waals surface area contributed by atoms with E-state index in [9.17, 15) is 4.79 Å². The molecule has 0 aliphatic carbocycles. The number of hydrogen-bond donors (Lipinski definition) is 1. The summed E-state index contributed by atoms with van der Waals surface area (Å²) >= 11 is 1.55. The molecule has 0 saturated heterocycles. The summed E-state index contributed by atoms with van der Waals surface area (Å²) in [6.07, 6.45) is 1.86. The summed E-state index contributed by atoms with van der Waals surface area (Å²) in [5.74, 6) is 1.66. The summed E-state index contributed by atoms with van der Waals surface area (Å²) in [7, 11) is 1.56. The van der Waals surface area contributed by atoms with E-state index < -0.39 is 0 Å². The number of thiophene rings is 1. The lowest BCUT2D eigenvalue weighted by atomic mass is 10.2. The minimum Gasteiger partial charge on any atom is -0.481 e. The molecule has 3 rings (SSSR count). The van der Waals surface area contributed by atoms with Crippen LogP contribution < -0.4 is 10.1 Å². The number of pyridine rings is 1. The predicted octanol–water partition coefficient (Wildman–Crippen LogP) is 2.97. The summed E-state index contributed by atoms with van der Waals surface area (Å²) < 4.78 is 10.6. The average molecular weight is 343 g/mol. The second kappa shape index (κ2) is 7.27. The first-order valence-electron chi connectivity index (χ1n) is 7.41. The lowest BCUT2D eigenvalue weighted by molar-refractivity contribution is -0.120. The van der Waals surface area contributed by atoms with Gasteiger partial charge in [-0.1, -0.05) is 12.1 Å². The van der Waals surface area contributed by atoms with Gasteiger partial charge in [0, 0.05) is 18.8 Å². The van der Waals surface area contributed by atoms with Crippen molar-refractivity contribution in [2.45, 2.75) is 19.9 Å². The number of methoxy groups -OCH3 is 1. The van der Waals surface area contributed by atoms with E-state index in [1.807, 2.05) is 30.5 Å². The van der Waals surface area contributed by atoms with Gasteiger partial charge in [-0.2, -0.15) is 0 Å². The maximum absolute atomic E-state index is 12.1. The third kappa shape index (κ3) is 3.80. The molecule has 124 valence electrons. The molecule has 3 heterocycles. The number of amides is 1. The van der Waals surface area contributed by atoms with Gasteiger partial charge in [-0.05, 0) is 23.9 Å². The zero-order chi connectivity index (χ0) is 16.9. The van der Waals surface area contributed by atoms with E-state index in [-0.39, 0.29) is 12.3 Å². The normalized spacial score (nSPS) is 10.6. The van der Waals surface area contributed by atoms with Crippen LogP contribution in [0, 0.1) is 6.92 Å². The highest BCUT2D eigenvalue weighted by atomic mass is 32.1. The van der Waals surface area contributed by atoms with Crippen molar-refractivity contribution in [1.29, 1.82) is 0 Å². The molecule has 0 spiro atoms. The number of aromatic nitrogens is 2. The molecule has 0 bridgehead atoms. The molecule has 0 fully saturated rings. The fraction of sp³-hybridized carbons (Fsp3) is 0.235. The fourth-order valence-corrected chi connectivity index (χ4v) is 2.80. The Hall–Kier alpha value is -2.67. The largest absolute Gasteiger partial charge is 0.481 e. The smallest absolute Gasteiger partial charge is 0.236 e. The lowest BCUT2D eigenvalue weighted by Gasteiger charge is -2.05. The molecule has 1 N–H and O–H groups in total. The van der Waals surface area contributed by atoms with E-state index >= 15 is 0 Å². The second-order valence-corrected chi connectivity index (χ2v) is 6.11. The lowest BCUT2D eigenvalue weighted by Crippen LogP contribution is -2.25. The molecule has 0 atom stereocenters. The van der Waals surface area contributed by atoms with Crippen LogP contribution >= 0.6 is 11.3 Å². The molecule has 1 amide bonds. The van der Waals surface area contributed by atoms with Gasteiger partial charge in [0.05, 0.1) is 24.1 Å². The maximum Gasteiger partial charge on any atom is 0.236 e. The van der Waals surface area contributed by atoms with Crippen molar-refractivity contribution < 1.29 is 13.9 Å². The van der Waals surface area contributed by atoms with Gasteiger partial charge in [0.15, 0.2) is 0 Å². The van der Waals surface area contributed by atoms with Crippen molar-refractivity contribution in [2.75, 3.05) is 7.11 Å². The van der Waals surface area contributed by atoms with Gasteiger partial charge in [-0.3, -0.25) is 4.79 Å². The number of nitrogens with zero attached hydrogens (tertiary/aromatic N) is 2. The Balaban J connectivity index is 1.58. The van der Waals surface area contributed by atoms with Crippen LogP contribution in [0.1, 0.15) is 17.0 Å². The number of rotatable bonds is 6. The fourth-order valence-electron chi connectivity index (χ4n) is 2.15. The summed E-state index contributed by atoms with van der Waals surface area (Å²) in [5, 5.41) is 4.82. The Kier molecular flexibility index (Phi) is 4.90. The number of aryl methyl sites for hydroxylation is 1. The topological polar surface area (TPSA) is 77.2 Å². The minimum absolute atomic E-state index is 0.111. The third-order valence-electron chi connectivity index (χ3n) is 3.45. The molecule has 0 aliphatic heterocycles. The van der Waals surface area contributed by atoms with E-state index in [1.54, 1.807) is 30.7 Å². The summed E-state index contributed by atoms with van der Waals surface area (Å²) in [4.78, 5) is 21.6. The molecule has 7 heteroatoms. The van der Waals surface area contributed by atoms with Crippen molar-refractivity contribution >= 4 is 17.2 Å². The van der Waals surface area contributed by atoms with Crippen molar-refractivity contribution in [2.24, 2.45) is 0 Å². The SMILES string of the molecule is COc1ccc(CNC(=O)Cc2nc(-c3cccs3)oc2C)cn1. The van der Waals surface area contributed by atoms with Crippen LogP contribution in [0.5, 0.6) is 5.88 Å². The minimum atomic E-state index is -0.111. The summed E-state index contributed by atoms with van der Waals surface area (Å²) in [6.45, 7) is 2.23. The van der Waals surface area contributed by atoms with Crippen molar-refractivity contribution in [3.8, 4) is 16.6 Å². The number of oxazole rings is 1. The van der Waals surface area contributed by atoms with Crippen LogP contribution in [-0.4, -0.2) is 23.0 Å². The highest BCUT2D eigenvalue weighted by Gasteiger charge is 2.15. The van der Waals surface area contributed by atoms with Crippen molar-refractivity contribution in [1.82, 2.24) is 15.3 Å². The van der Waals surface area contributed by atoms with E-state index in [0.717, 1.165) is 10.4 Å². The first-order valence-corrected chi connectivity index (χ1v) is 8.29. The second-order valence-electron chi connectivity index (χ2n) is 5.16. The van der Waals surface area contributed by atoms with Crippen LogP contribution in [0.15, 0.2) is 40.3 Å². The Morgan fingerprint density at radius 1 is 1.38 bits per heavy atom. The Bertz CT molecular complexity index is 810. The highest BCUT2D eigenvalue weighted by molar-refractivity contribution is 7.13. The molecule has 0 saturated carbocycles. The van der Waals surface area contributed by atoms with Gasteiger partial charge < -0.3 is 14.5 Å². The molecule has 0 radical (unpaired) electrons. The monoisotopic (exact) mass is 343 g/mol. The molecule has 3 aromatic heterocycles. The van der Waals surface area contributed by atoms with Crippen molar-refractivity contribution in [3.63, 3.8) is 0 Å². The number of hydrogen-bond acceptors (Lipinski definition) is 6. The van der Waals surface area contributed by atoms with E-state index in [4.69, 9.17) is 9.15 Å². The van der Waals surface area contributed by atoms with Gasteiger partial charge in [0.2, 0.25) is 17.7 Å². The van der Waals surface area contributed by atoms with Gasteiger partial charge in [0.25, 0.3) is 0 Å². The number of carbonyl (C=O) groups excluding carboxylic acids is 1. The van der Waals surface area contributed by atoms with Crippen LogP contribution in [0.3, 0.4) is 0 Å². The molecular weight excluding hydrogens is 326 g/mol. The van der Waals surface area contributed by atoms with E-state index in [1.165, 1.54) is 0 Å². The number of nitrogens with one attached hydrogen (secondary N) is 1. The molecule has 0 unspecified atom stereocenters. The zero-order valence-corrected chi connectivity index (χ0v) is 14.2. The van der Waals surface area contributed by atoms with Crippen molar-refractivity contribution in [3.05, 3.63) is 52.9 Å². The van der Waals surface area contributed by atoms with Crippen LogP contribution in [0.4, 0.5) is 0 Å². The average Bonchev–Trinajstić information content (AvgIpc) is 3.24. The predicted molar refractivity (Wildman–Crippen MR) is 90.9 cm³/mol. The van der Waals surface area contributed by atoms with Crippen LogP contribution in [-0.2, 0) is 17.8 Å². The van der Waals surface area contributed by atoms with Gasteiger partial charge in [-0.25, -0.2) is 9.97 Å². The molecule has 3 aromatic rings. The summed E-state index contributed by atoms with van der Waals surface area (Å²) in [6, 6.07) is 7.50.